The number of methoxy groups -OCH3 is 1. The predicted octanol–water partition coefficient (Wildman–Crippen LogP) is 2.12. The van der Waals surface area contributed by atoms with Crippen LogP contribution >= 0.6 is 0 Å². The van der Waals surface area contributed by atoms with Crippen molar-refractivity contribution in [3.05, 3.63) is 27.8 Å². The van der Waals surface area contributed by atoms with E-state index in [-0.39, 0.29) is 5.75 Å². The highest BCUT2D eigenvalue weighted by molar-refractivity contribution is 5.58. The molecule has 0 aliphatic rings. The van der Waals surface area contributed by atoms with E-state index < -0.39 is 22.4 Å². The number of aromatic hydroxyl groups is 1. The summed E-state index contributed by atoms with van der Waals surface area (Å²) in [5.41, 5.74) is -0.0968. The first-order chi connectivity index (χ1) is 9.40. The van der Waals surface area contributed by atoms with Gasteiger partial charge in [-0.1, -0.05) is 13.8 Å². The van der Waals surface area contributed by atoms with Crippen LogP contribution in [0.5, 0.6) is 11.5 Å². The maximum Gasteiger partial charge on any atom is 0.315 e. The van der Waals surface area contributed by atoms with E-state index in [9.17, 15) is 15.2 Å². The Morgan fingerprint density at radius 1 is 1.55 bits per heavy atom. The monoisotopic (exact) mass is 279 g/mol. The Hall–Kier alpha value is -2.33. The molecule has 0 saturated carbocycles. The van der Waals surface area contributed by atoms with Crippen LogP contribution in [0.3, 0.4) is 0 Å². The fourth-order valence-electron chi connectivity index (χ4n) is 1.67. The van der Waals surface area contributed by atoms with Gasteiger partial charge >= 0.3 is 5.69 Å². The van der Waals surface area contributed by atoms with Crippen LogP contribution < -0.4 is 10.1 Å². The number of hydrogen-bond acceptors (Lipinski definition) is 6. The minimum absolute atomic E-state index is 0.0270. The van der Waals surface area contributed by atoms with Crippen molar-refractivity contribution in [1.29, 1.82) is 5.26 Å². The summed E-state index contributed by atoms with van der Waals surface area (Å²) in [7, 11) is 1.30. The maximum absolute atomic E-state index is 10.9. The molecule has 20 heavy (non-hydrogen) atoms. The molecule has 1 aromatic carbocycles. The summed E-state index contributed by atoms with van der Waals surface area (Å²) in [5.74, 6) is -0.234. The first-order valence-electron chi connectivity index (χ1n) is 6.09. The number of hydrogen-bond donors (Lipinski definition) is 2. The van der Waals surface area contributed by atoms with E-state index >= 15 is 0 Å². The minimum atomic E-state index is -0.710. The highest BCUT2D eigenvalue weighted by atomic mass is 16.6. The van der Waals surface area contributed by atoms with Crippen LogP contribution in [0.15, 0.2) is 12.1 Å². The van der Waals surface area contributed by atoms with Gasteiger partial charge in [0, 0.05) is 6.07 Å². The lowest BCUT2D eigenvalue weighted by molar-refractivity contribution is -0.386. The van der Waals surface area contributed by atoms with Crippen LogP contribution in [0.4, 0.5) is 5.69 Å². The minimum Gasteiger partial charge on any atom is -0.500 e. The predicted molar refractivity (Wildman–Crippen MR) is 72.5 cm³/mol. The standard InChI is InChI=1S/C13H17N3O4/c1-8(2)7-15-10(6-14)9-4-11(16(18)19)13(17)12(5-9)20-3/h4-5,8,10,15,17H,7H2,1-3H3. The number of phenols is 1. The van der Waals surface area contributed by atoms with Gasteiger partial charge < -0.3 is 9.84 Å². The Morgan fingerprint density at radius 3 is 2.65 bits per heavy atom. The molecule has 0 aliphatic carbocycles. The number of nitrogens with one attached hydrogen (secondary N) is 1. The Morgan fingerprint density at radius 2 is 2.20 bits per heavy atom. The molecule has 1 unspecified atom stereocenters. The van der Waals surface area contributed by atoms with Gasteiger partial charge in [0.1, 0.15) is 6.04 Å². The van der Waals surface area contributed by atoms with E-state index in [0.29, 0.717) is 18.0 Å². The largest absolute Gasteiger partial charge is 0.500 e. The van der Waals surface area contributed by atoms with Crippen LogP contribution in [0.2, 0.25) is 0 Å². The summed E-state index contributed by atoms with van der Waals surface area (Å²) in [6, 6.07) is 3.94. The van der Waals surface area contributed by atoms with Crippen LogP contribution in [-0.4, -0.2) is 23.7 Å². The van der Waals surface area contributed by atoms with Crippen molar-refractivity contribution in [3.8, 4) is 17.6 Å². The Labute approximate surface area is 116 Å². The summed E-state index contributed by atoms with van der Waals surface area (Å²) < 4.78 is 4.91. The van der Waals surface area contributed by atoms with Crippen LogP contribution in [0.25, 0.3) is 0 Å². The number of rotatable bonds is 6. The smallest absolute Gasteiger partial charge is 0.315 e. The van der Waals surface area contributed by atoms with Gasteiger partial charge in [-0.25, -0.2) is 0 Å². The van der Waals surface area contributed by atoms with Crippen molar-refractivity contribution in [2.45, 2.75) is 19.9 Å². The molecule has 0 radical (unpaired) electrons. The van der Waals surface area contributed by atoms with E-state index in [1.54, 1.807) is 0 Å². The lowest BCUT2D eigenvalue weighted by Crippen LogP contribution is -2.24. The summed E-state index contributed by atoms with van der Waals surface area (Å²) in [6.07, 6.45) is 0. The van der Waals surface area contributed by atoms with Crippen LogP contribution in [0.1, 0.15) is 25.5 Å². The molecule has 0 saturated heterocycles. The third-order valence-electron chi connectivity index (χ3n) is 2.69. The maximum atomic E-state index is 10.9. The molecule has 0 aromatic heterocycles. The van der Waals surface area contributed by atoms with Gasteiger partial charge in [-0.3, -0.25) is 15.4 Å². The third-order valence-corrected chi connectivity index (χ3v) is 2.69. The first-order valence-corrected chi connectivity index (χ1v) is 6.09. The number of nitriles is 1. The van der Waals surface area contributed by atoms with Crippen molar-refractivity contribution < 1.29 is 14.8 Å². The Bertz CT molecular complexity index is 537. The normalized spacial score (nSPS) is 11.9. The van der Waals surface area contributed by atoms with Crippen molar-refractivity contribution in [1.82, 2.24) is 5.32 Å². The van der Waals surface area contributed by atoms with Crippen LogP contribution in [0, 0.1) is 27.4 Å². The Kier molecular flexibility index (Phi) is 5.29. The fraction of sp³-hybridized carbons (Fsp3) is 0.462. The number of nitrogens with zero attached hydrogens (tertiary/aromatic N) is 2. The topological polar surface area (TPSA) is 108 Å². The summed E-state index contributed by atoms with van der Waals surface area (Å²) in [6.45, 7) is 4.57. The number of phenolic OH excluding ortho intramolecular Hbond substituents is 1. The second-order valence-corrected chi connectivity index (χ2v) is 4.71. The summed E-state index contributed by atoms with van der Waals surface area (Å²) in [4.78, 5) is 10.2. The number of nitro benzene ring substituents is 1. The van der Waals surface area contributed by atoms with Gasteiger partial charge in [0.2, 0.25) is 5.75 Å². The van der Waals surface area contributed by atoms with Gasteiger partial charge in [-0.2, -0.15) is 5.26 Å². The molecule has 1 rings (SSSR count). The lowest BCUT2D eigenvalue weighted by atomic mass is 10.1. The van der Waals surface area contributed by atoms with E-state index in [0.717, 1.165) is 0 Å². The molecular formula is C13H17N3O4. The van der Waals surface area contributed by atoms with Gasteiger partial charge in [0.25, 0.3) is 0 Å². The molecule has 0 fully saturated rings. The average molecular weight is 279 g/mol. The van der Waals surface area contributed by atoms with E-state index in [1.807, 2.05) is 19.9 Å². The highest BCUT2D eigenvalue weighted by Crippen LogP contribution is 2.38. The zero-order valence-electron chi connectivity index (χ0n) is 11.6. The van der Waals surface area contributed by atoms with E-state index in [1.165, 1.54) is 19.2 Å². The molecule has 7 nitrogen and oxygen atoms in total. The van der Waals surface area contributed by atoms with Gasteiger partial charge in [0.05, 0.1) is 18.1 Å². The lowest BCUT2D eigenvalue weighted by Gasteiger charge is -2.15. The van der Waals surface area contributed by atoms with E-state index in [2.05, 4.69) is 5.32 Å². The Balaban J connectivity index is 3.19. The molecular weight excluding hydrogens is 262 g/mol. The SMILES string of the molecule is COc1cc(C(C#N)NCC(C)C)cc([N+](=O)[O-])c1O. The number of benzene rings is 1. The van der Waals surface area contributed by atoms with Crippen LogP contribution in [-0.2, 0) is 0 Å². The molecule has 7 heteroatoms. The number of ether oxygens (including phenoxy) is 1. The zero-order valence-corrected chi connectivity index (χ0v) is 11.6. The van der Waals surface area contributed by atoms with E-state index in [4.69, 9.17) is 10.00 Å². The zero-order chi connectivity index (χ0) is 15.3. The van der Waals surface area contributed by atoms with Gasteiger partial charge in [-0.05, 0) is 24.1 Å². The highest BCUT2D eigenvalue weighted by Gasteiger charge is 2.23. The molecule has 0 spiro atoms. The number of nitro groups is 1. The fourth-order valence-corrected chi connectivity index (χ4v) is 1.67. The first kappa shape index (κ1) is 15.7. The summed E-state index contributed by atoms with van der Waals surface area (Å²) >= 11 is 0. The van der Waals surface area contributed by atoms with Crippen molar-refractivity contribution in [3.63, 3.8) is 0 Å². The molecule has 0 bridgehead atoms. The average Bonchev–Trinajstić information content (AvgIpc) is 2.39. The van der Waals surface area contributed by atoms with Crippen molar-refractivity contribution in [2.24, 2.45) is 5.92 Å². The quantitative estimate of drug-likeness (QED) is 0.610. The van der Waals surface area contributed by atoms with Crippen molar-refractivity contribution in [2.75, 3.05) is 13.7 Å². The molecule has 1 aromatic rings. The van der Waals surface area contributed by atoms with Gasteiger partial charge in [0.15, 0.2) is 5.75 Å². The molecule has 0 aliphatic heterocycles. The second kappa shape index (κ2) is 6.73. The second-order valence-electron chi connectivity index (χ2n) is 4.71. The third kappa shape index (κ3) is 3.59. The molecule has 2 N–H and O–H groups in total. The molecule has 108 valence electrons. The molecule has 1 atom stereocenters. The van der Waals surface area contributed by atoms with Gasteiger partial charge in [-0.15, -0.1) is 0 Å². The summed E-state index contributed by atoms with van der Waals surface area (Å²) in [5, 5.41) is 32.8. The molecule has 0 amide bonds. The molecule has 0 heterocycles. The van der Waals surface area contributed by atoms with Crippen molar-refractivity contribution >= 4 is 5.69 Å².